The quantitative estimate of drug-likeness (QED) is 0.812. The lowest BCUT2D eigenvalue weighted by atomic mass is 10.0. The Bertz CT molecular complexity index is 766. The van der Waals surface area contributed by atoms with E-state index in [1.54, 1.807) is 24.3 Å². The minimum atomic E-state index is -4.64. The van der Waals surface area contributed by atoms with Gasteiger partial charge in [0.1, 0.15) is 5.69 Å². The molecule has 0 atom stereocenters. The molecule has 2 rings (SSSR count). The first-order valence-electron chi connectivity index (χ1n) is 6.73. The van der Waals surface area contributed by atoms with Crippen LogP contribution in [-0.4, -0.2) is 17.6 Å². The molecule has 0 fully saturated rings. The zero-order chi connectivity index (χ0) is 17.0. The number of hydrogen-bond acceptors (Lipinski definition) is 3. The van der Waals surface area contributed by atoms with Gasteiger partial charge >= 0.3 is 12.1 Å². The molecule has 0 bridgehead atoms. The average Bonchev–Trinajstić information content (AvgIpc) is 2.49. The number of pyridine rings is 1. The lowest BCUT2D eigenvalue weighted by Crippen LogP contribution is -2.28. The molecule has 4 nitrogen and oxygen atoms in total. The number of esters is 1. The number of halogens is 3. The molecule has 7 heteroatoms. The third-order valence-corrected chi connectivity index (χ3v) is 3.35. The molecule has 0 N–H and O–H groups in total. The van der Waals surface area contributed by atoms with Gasteiger partial charge in [0.05, 0.1) is 20.1 Å². The topological polar surface area (TPSA) is 48.3 Å². The summed E-state index contributed by atoms with van der Waals surface area (Å²) in [6, 6.07) is 9.49. The molecule has 0 saturated carbocycles. The highest BCUT2D eigenvalue weighted by Gasteiger charge is 2.34. The van der Waals surface area contributed by atoms with Crippen molar-refractivity contribution in [1.29, 1.82) is 0 Å². The van der Waals surface area contributed by atoms with Crippen LogP contribution in [-0.2, 0) is 28.7 Å². The second-order valence-electron chi connectivity index (χ2n) is 4.85. The number of ether oxygens (including phenoxy) is 1. The van der Waals surface area contributed by atoms with E-state index in [1.165, 1.54) is 7.11 Å². The van der Waals surface area contributed by atoms with Crippen LogP contribution in [0.15, 0.2) is 47.3 Å². The van der Waals surface area contributed by atoms with Gasteiger partial charge in [0.15, 0.2) is 0 Å². The zero-order valence-electron chi connectivity index (χ0n) is 12.3. The molecule has 0 aliphatic carbocycles. The van der Waals surface area contributed by atoms with E-state index >= 15 is 0 Å². The Morgan fingerprint density at radius 2 is 1.74 bits per heavy atom. The fourth-order valence-electron chi connectivity index (χ4n) is 2.21. The van der Waals surface area contributed by atoms with Crippen molar-refractivity contribution < 1.29 is 22.7 Å². The van der Waals surface area contributed by atoms with Crippen molar-refractivity contribution in [3.8, 4) is 0 Å². The lowest BCUT2D eigenvalue weighted by Gasteiger charge is -2.16. The van der Waals surface area contributed by atoms with Crippen LogP contribution in [0, 0.1) is 0 Å². The number of alkyl halides is 3. The second-order valence-corrected chi connectivity index (χ2v) is 4.85. The molecule has 0 spiro atoms. The summed E-state index contributed by atoms with van der Waals surface area (Å²) in [6.07, 6.45) is -4.71. The van der Waals surface area contributed by atoms with E-state index in [0.29, 0.717) is 15.7 Å². The summed E-state index contributed by atoms with van der Waals surface area (Å²) in [5.74, 6) is -0.506. The average molecular weight is 325 g/mol. The van der Waals surface area contributed by atoms with Crippen LogP contribution < -0.4 is 5.56 Å². The minimum Gasteiger partial charge on any atom is -0.469 e. The van der Waals surface area contributed by atoms with Gasteiger partial charge in [-0.15, -0.1) is 0 Å². The number of aromatic nitrogens is 1. The Balaban J connectivity index is 2.45. The van der Waals surface area contributed by atoms with Crippen molar-refractivity contribution in [3.05, 3.63) is 69.6 Å². The Hall–Kier alpha value is -2.57. The van der Waals surface area contributed by atoms with Crippen LogP contribution in [0.25, 0.3) is 0 Å². The summed E-state index contributed by atoms with van der Waals surface area (Å²) in [5.41, 5.74) is -0.814. The third kappa shape index (κ3) is 4.00. The highest BCUT2D eigenvalue weighted by atomic mass is 19.4. The van der Waals surface area contributed by atoms with E-state index in [2.05, 4.69) is 4.74 Å². The SMILES string of the molecule is COC(=O)Cc1ccccc1Cn1c(C(F)(F)F)cccc1=O. The van der Waals surface area contributed by atoms with Crippen molar-refractivity contribution >= 4 is 5.97 Å². The van der Waals surface area contributed by atoms with Gasteiger partial charge in [-0.2, -0.15) is 13.2 Å². The number of methoxy groups -OCH3 is 1. The van der Waals surface area contributed by atoms with Crippen LogP contribution >= 0.6 is 0 Å². The molecule has 0 amide bonds. The molecule has 0 radical (unpaired) electrons. The molecule has 1 aromatic carbocycles. The highest BCUT2D eigenvalue weighted by Crippen LogP contribution is 2.28. The summed E-state index contributed by atoms with van der Waals surface area (Å²) in [5, 5.41) is 0. The lowest BCUT2D eigenvalue weighted by molar-refractivity contribution is -0.144. The number of carbonyl (C=O) groups excluding carboxylic acids is 1. The van der Waals surface area contributed by atoms with Crippen LogP contribution in [0.2, 0.25) is 0 Å². The van der Waals surface area contributed by atoms with Crippen molar-refractivity contribution in [2.75, 3.05) is 7.11 Å². The van der Waals surface area contributed by atoms with Gasteiger partial charge in [0, 0.05) is 6.07 Å². The van der Waals surface area contributed by atoms with Crippen molar-refractivity contribution in [3.63, 3.8) is 0 Å². The van der Waals surface area contributed by atoms with Gasteiger partial charge in [0.25, 0.3) is 5.56 Å². The molecule has 23 heavy (non-hydrogen) atoms. The Kier molecular flexibility index (Phi) is 4.88. The Morgan fingerprint density at radius 3 is 2.35 bits per heavy atom. The fourth-order valence-corrected chi connectivity index (χ4v) is 2.21. The summed E-state index contributed by atoms with van der Waals surface area (Å²) < 4.78 is 44.4. The third-order valence-electron chi connectivity index (χ3n) is 3.35. The Morgan fingerprint density at radius 1 is 1.09 bits per heavy atom. The van der Waals surface area contributed by atoms with Gasteiger partial charge in [-0.3, -0.25) is 14.2 Å². The molecule has 0 unspecified atom stereocenters. The van der Waals surface area contributed by atoms with Crippen molar-refractivity contribution in [1.82, 2.24) is 4.57 Å². The van der Waals surface area contributed by atoms with Crippen LogP contribution in [0.1, 0.15) is 16.8 Å². The summed E-state index contributed by atoms with van der Waals surface area (Å²) in [4.78, 5) is 23.3. The summed E-state index contributed by atoms with van der Waals surface area (Å²) in [7, 11) is 1.23. The zero-order valence-corrected chi connectivity index (χ0v) is 12.3. The number of carbonyl (C=O) groups is 1. The summed E-state index contributed by atoms with van der Waals surface area (Å²) in [6.45, 7) is -0.276. The second kappa shape index (κ2) is 6.68. The molecule has 0 aliphatic heterocycles. The van der Waals surface area contributed by atoms with Gasteiger partial charge in [0.2, 0.25) is 0 Å². The molecular weight excluding hydrogens is 311 g/mol. The standard InChI is InChI=1S/C16H14F3NO3/c1-23-15(22)9-11-5-2-3-6-12(11)10-20-13(16(17,18)19)7-4-8-14(20)21/h2-8H,9-10H2,1H3. The van der Waals surface area contributed by atoms with E-state index < -0.39 is 23.4 Å². The number of rotatable bonds is 4. The molecule has 0 aliphatic rings. The minimum absolute atomic E-state index is 0.0738. The number of benzene rings is 1. The molecule has 2 aromatic rings. The van der Waals surface area contributed by atoms with E-state index in [-0.39, 0.29) is 13.0 Å². The van der Waals surface area contributed by atoms with Crippen molar-refractivity contribution in [2.45, 2.75) is 19.1 Å². The van der Waals surface area contributed by atoms with Crippen LogP contribution in [0.4, 0.5) is 13.2 Å². The van der Waals surface area contributed by atoms with E-state index in [1.807, 2.05) is 0 Å². The number of hydrogen-bond donors (Lipinski definition) is 0. The normalized spacial score (nSPS) is 11.3. The number of nitrogens with zero attached hydrogens (tertiary/aromatic N) is 1. The van der Waals surface area contributed by atoms with E-state index in [4.69, 9.17) is 0 Å². The summed E-state index contributed by atoms with van der Waals surface area (Å²) >= 11 is 0. The van der Waals surface area contributed by atoms with Crippen LogP contribution in [0.3, 0.4) is 0 Å². The first kappa shape index (κ1) is 16.8. The first-order valence-corrected chi connectivity index (χ1v) is 6.73. The van der Waals surface area contributed by atoms with Crippen molar-refractivity contribution in [2.24, 2.45) is 0 Å². The smallest absolute Gasteiger partial charge is 0.431 e. The van der Waals surface area contributed by atoms with Gasteiger partial charge in [-0.05, 0) is 17.2 Å². The molecule has 122 valence electrons. The van der Waals surface area contributed by atoms with Gasteiger partial charge in [-0.1, -0.05) is 30.3 Å². The molecular formula is C16H14F3NO3. The molecule has 1 heterocycles. The largest absolute Gasteiger partial charge is 0.469 e. The maximum Gasteiger partial charge on any atom is 0.431 e. The first-order chi connectivity index (χ1) is 10.8. The maximum absolute atomic E-state index is 13.1. The molecule has 0 saturated heterocycles. The predicted octanol–water partition coefficient (Wildman–Crippen LogP) is 2.63. The predicted molar refractivity (Wildman–Crippen MR) is 77.0 cm³/mol. The fraction of sp³-hybridized carbons (Fsp3) is 0.250. The Labute approximate surface area is 130 Å². The highest BCUT2D eigenvalue weighted by molar-refractivity contribution is 5.72. The van der Waals surface area contributed by atoms with Gasteiger partial charge in [-0.25, -0.2) is 0 Å². The van der Waals surface area contributed by atoms with E-state index in [0.717, 1.165) is 18.2 Å². The van der Waals surface area contributed by atoms with E-state index in [9.17, 15) is 22.8 Å². The molecule has 1 aromatic heterocycles. The monoisotopic (exact) mass is 325 g/mol. The maximum atomic E-state index is 13.1. The van der Waals surface area contributed by atoms with Gasteiger partial charge < -0.3 is 4.74 Å². The van der Waals surface area contributed by atoms with Crippen LogP contribution in [0.5, 0.6) is 0 Å².